The standard InChI is InChI=1S/C27H25N3O5S/c1-17-10-18(2)12-21(11-17)15-28-27-29-26(31)25(36-27)14-20-6-9-23(24(13-20)34-3)35-16-19-4-7-22(8-5-19)30(32)33/h4-14H,15-16H2,1-3H3,(H,28,29,31)/b25-14-. The van der Waals surface area contributed by atoms with Gasteiger partial charge in [-0.3, -0.25) is 19.9 Å². The van der Waals surface area contributed by atoms with Gasteiger partial charge < -0.3 is 14.8 Å². The fourth-order valence-corrected chi connectivity index (χ4v) is 4.56. The second-order valence-electron chi connectivity index (χ2n) is 8.30. The first-order chi connectivity index (χ1) is 17.3. The number of hydrogen-bond donors (Lipinski definition) is 1. The van der Waals surface area contributed by atoms with E-state index in [1.165, 1.54) is 35.0 Å². The van der Waals surface area contributed by atoms with E-state index in [1.54, 1.807) is 37.5 Å². The van der Waals surface area contributed by atoms with E-state index in [2.05, 4.69) is 42.4 Å². The first-order valence-electron chi connectivity index (χ1n) is 11.2. The number of amides is 1. The number of nitrogens with one attached hydrogen (secondary N) is 1. The Bertz CT molecular complexity index is 1350. The molecule has 9 heteroatoms. The van der Waals surface area contributed by atoms with Crippen LogP contribution in [0.1, 0.15) is 27.8 Å². The molecule has 8 nitrogen and oxygen atoms in total. The van der Waals surface area contributed by atoms with Crippen molar-refractivity contribution in [2.24, 2.45) is 4.99 Å². The molecule has 1 aliphatic heterocycles. The predicted molar refractivity (Wildman–Crippen MR) is 141 cm³/mol. The van der Waals surface area contributed by atoms with Gasteiger partial charge in [-0.25, -0.2) is 0 Å². The number of hydrogen-bond acceptors (Lipinski definition) is 7. The van der Waals surface area contributed by atoms with E-state index in [0.29, 0.717) is 28.1 Å². The molecule has 1 N–H and O–H groups in total. The SMILES string of the molecule is COc1cc(/C=C2\SC(=NCc3cc(C)cc(C)c3)NC2=O)ccc1OCc1ccc([N+](=O)[O-])cc1. The van der Waals surface area contributed by atoms with Crippen molar-refractivity contribution < 1.29 is 19.2 Å². The van der Waals surface area contributed by atoms with E-state index in [9.17, 15) is 14.9 Å². The lowest BCUT2D eigenvalue weighted by molar-refractivity contribution is -0.384. The Hall–Kier alpha value is -4.11. The van der Waals surface area contributed by atoms with Crippen molar-refractivity contribution in [3.05, 3.63) is 104 Å². The maximum atomic E-state index is 12.5. The highest BCUT2D eigenvalue weighted by atomic mass is 32.2. The van der Waals surface area contributed by atoms with Crippen LogP contribution in [0.25, 0.3) is 6.08 Å². The summed E-state index contributed by atoms with van der Waals surface area (Å²) < 4.78 is 11.3. The quantitative estimate of drug-likeness (QED) is 0.245. The van der Waals surface area contributed by atoms with Crippen LogP contribution in [0.2, 0.25) is 0 Å². The van der Waals surface area contributed by atoms with Crippen molar-refractivity contribution >= 4 is 34.6 Å². The zero-order valence-corrected chi connectivity index (χ0v) is 20.9. The van der Waals surface area contributed by atoms with E-state index >= 15 is 0 Å². The van der Waals surface area contributed by atoms with Crippen LogP contribution >= 0.6 is 11.8 Å². The average molecular weight is 504 g/mol. The van der Waals surface area contributed by atoms with Gasteiger partial charge in [0.15, 0.2) is 16.7 Å². The van der Waals surface area contributed by atoms with E-state index < -0.39 is 4.92 Å². The lowest BCUT2D eigenvalue weighted by Gasteiger charge is -2.11. The first kappa shape index (κ1) is 25.0. The van der Waals surface area contributed by atoms with Gasteiger partial charge in [0.2, 0.25) is 0 Å². The summed E-state index contributed by atoms with van der Waals surface area (Å²) in [6.07, 6.45) is 1.78. The van der Waals surface area contributed by atoms with Gasteiger partial charge in [0.25, 0.3) is 11.6 Å². The summed E-state index contributed by atoms with van der Waals surface area (Å²) in [7, 11) is 1.54. The Labute approximate surface area is 213 Å². The molecular weight excluding hydrogens is 478 g/mol. The number of carbonyl (C=O) groups is 1. The summed E-state index contributed by atoms with van der Waals surface area (Å²) in [5.74, 6) is 0.840. The summed E-state index contributed by atoms with van der Waals surface area (Å²) in [6.45, 7) is 4.83. The monoisotopic (exact) mass is 503 g/mol. The normalized spacial score (nSPS) is 15.2. The maximum absolute atomic E-state index is 12.5. The van der Waals surface area contributed by atoms with Crippen LogP contribution in [0.4, 0.5) is 5.69 Å². The van der Waals surface area contributed by atoms with Crippen molar-refractivity contribution in [1.29, 1.82) is 0 Å². The zero-order chi connectivity index (χ0) is 25.7. The summed E-state index contributed by atoms with van der Waals surface area (Å²) in [4.78, 5) is 27.9. The van der Waals surface area contributed by atoms with Crippen LogP contribution in [0, 0.1) is 24.0 Å². The molecular formula is C27H25N3O5S. The summed E-state index contributed by atoms with van der Waals surface area (Å²) >= 11 is 1.30. The third kappa shape index (κ3) is 6.31. The van der Waals surface area contributed by atoms with Gasteiger partial charge in [-0.15, -0.1) is 0 Å². The third-order valence-corrected chi connectivity index (χ3v) is 6.31. The van der Waals surface area contributed by atoms with Gasteiger partial charge in [-0.1, -0.05) is 35.4 Å². The number of nitrogens with zero attached hydrogens (tertiary/aromatic N) is 2. The van der Waals surface area contributed by atoms with E-state index in [-0.39, 0.29) is 18.2 Å². The smallest absolute Gasteiger partial charge is 0.269 e. The van der Waals surface area contributed by atoms with Crippen molar-refractivity contribution in [1.82, 2.24) is 5.32 Å². The molecule has 4 rings (SSSR count). The first-order valence-corrected chi connectivity index (χ1v) is 12.0. The fourth-order valence-electron chi connectivity index (χ4n) is 3.74. The van der Waals surface area contributed by atoms with E-state index in [0.717, 1.165) is 16.7 Å². The number of ether oxygens (including phenoxy) is 2. The fraction of sp³-hybridized carbons (Fsp3) is 0.185. The summed E-state index contributed by atoms with van der Waals surface area (Å²) in [5, 5.41) is 14.2. The molecule has 0 atom stereocenters. The van der Waals surface area contributed by atoms with Crippen LogP contribution in [0.5, 0.6) is 11.5 Å². The highest BCUT2D eigenvalue weighted by molar-refractivity contribution is 8.18. The highest BCUT2D eigenvalue weighted by Gasteiger charge is 2.23. The number of non-ortho nitro benzene ring substituents is 1. The van der Waals surface area contributed by atoms with Gasteiger partial charge >= 0.3 is 0 Å². The molecule has 0 aromatic heterocycles. The molecule has 3 aromatic carbocycles. The van der Waals surface area contributed by atoms with Gasteiger partial charge in [-0.05, 0) is 72.6 Å². The molecule has 1 amide bonds. The number of carbonyl (C=O) groups excluding carboxylic acids is 1. The predicted octanol–water partition coefficient (Wildman–Crippen LogP) is 5.56. The minimum Gasteiger partial charge on any atom is -0.493 e. The Balaban J connectivity index is 1.42. The molecule has 36 heavy (non-hydrogen) atoms. The number of methoxy groups -OCH3 is 1. The number of nitro groups is 1. The lowest BCUT2D eigenvalue weighted by atomic mass is 10.1. The molecule has 0 saturated carbocycles. The Morgan fingerprint density at radius 2 is 1.72 bits per heavy atom. The largest absolute Gasteiger partial charge is 0.493 e. The number of amidine groups is 1. The molecule has 3 aromatic rings. The molecule has 0 bridgehead atoms. The molecule has 1 heterocycles. The second-order valence-corrected chi connectivity index (χ2v) is 9.34. The van der Waals surface area contributed by atoms with Crippen molar-refractivity contribution in [3.8, 4) is 11.5 Å². The van der Waals surface area contributed by atoms with Gasteiger partial charge in [0.1, 0.15) is 6.61 Å². The average Bonchev–Trinajstić information content (AvgIpc) is 3.20. The second kappa shape index (κ2) is 11.1. The zero-order valence-electron chi connectivity index (χ0n) is 20.1. The molecule has 0 radical (unpaired) electrons. The number of aliphatic imine (C=N–C) groups is 1. The van der Waals surface area contributed by atoms with Crippen LogP contribution in [0.3, 0.4) is 0 Å². The lowest BCUT2D eigenvalue weighted by Crippen LogP contribution is -2.19. The number of nitro benzene ring substituents is 1. The Kier molecular flexibility index (Phi) is 7.70. The number of aryl methyl sites for hydroxylation is 2. The van der Waals surface area contributed by atoms with Crippen LogP contribution < -0.4 is 14.8 Å². The number of rotatable bonds is 8. The highest BCUT2D eigenvalue weighted by Crippen LogP contribution is 2.32. The van der Waals surface area contributed by atoms with Gasteiger partial charge in [-0.2, -0.15) is 0 Å². The Morgan fingerprint density at radius 3 is 2.39 bits per heavy atom. The summed E-state index contributed by atoms with van der Waals surface area (Å²) in [6, 6.07) is 17.9. The molecule has 1 fully saturated rings. The van der Waals surface area contributed by atoms with Crippen molar-refractivity contribution in [2.75, 3.05) is 7.11 Å². The van der Waals surface area contributed by atoms with Gasteiger partial charge in [0, 0.05) is 12.1 Å². The third-order valence-electron chi connectivity index (χ3n) is 5.36. The number of benzene rings is 3. The van der Waals surface area contributed by atoms with Gasteiger partial charge in [0.05, 0.1) is 23.5 Å². The molecule has 1 aliphatic rings. The van der Waals surface area contributed by atoms with E-state index in [4.69, 9.17) is 9.47 Å². The topological polar surface area (TPSA) is 103 Å². The van der Waals surface area contributed by atoms with Crippen molar-refractivity contribution in [2.45, 2.75) is 27.0 Å². The minimum atomic E-state index is -0.441. The van der Waals surface area contributed by atoms with Crippen LogP contribution in [-0.2, 0) is 17.9 Å². The maximum Gasteiger partial charge on any atom is 0.269 e. The molecule has 0 spiro atoms. The summed E-state index contributed by atoms with van der Waals surface area (Å²) in [5.41, 5.74) is 5.07. The molecule has 0 unspecified atom stereocenters. The van der Waals surface area contributed by atoms with E-state index in [1.807, 2.05) is 6.07 Å². The number of thioether (sulfide) groups is 1. The van der Waals surface area contributed by atoms with Crippen LogP contribution in [-0.4, -0.2) is 23.1 Å². The molecule has 0 aliphatic carbocycles. The molecule has 184 valence electrons. The molecule has 1 saturated heterocycles. The van der Waals surface area contributed by atoms with Crippen molar-refractivity contribution in [3.63, 3.8) is 0 Å². The Morgan fingerprint density at radius 1 is 1.00 bits per heavy atom. The minimum absolute atomic E-state index is 0.0287. The van der Waals surface area contributed by atoms with Crippen LogP contribution in [0.15, 0.2) is 70.6 Å².